The molecule has 1 amide bonds. The van der Waals surface area contributed by atoms with Crippen LogP contribution in [0.15, 0.2) is 10.5 Å². The molecule has 3 fully saturated rings. The number of rotatable bonds is 3. The van der Waals surface area contributed by atoms with Crippen molar-refractivity contribution in [2.24, 2.45) is 5.92 Å². The van der Waals surface area contributed by atoms with Gasteiger partial charge >= 0.3 is 0 Å². The van der Waals surface area contributed by atoms with Crippen molar-refractivity contribution < 1.29 is 18.8 Å². The Labute approximate surface area is 142 Å². The van der Waals surface area contributed by atoms with Gasteiger partial charge in [-0.05, 0) is 57.2 Å². The number of nitrogens with zero attached hydrogens (tertiary/aromatic N) is 2. The van der Waals surface area contributed by atoms with Crippen molar-refractivity contribution in [1.29, 1.82) is 0 Å². The van der Waals surface area contributed by atoms with E-state index in [9.17, 15) is 4.79 Å². The van der Waals surface area contributed by atoms with Crippen LogP contribution in [0.4, 0.5) is 0 Å². The fourth-order valence-electron chi connectivity index (χ4n) is 4.03. The summed E-state index contributed by atoms with van der Waals surface area (Å²) in [5.74, 6) is 2.50. The summed E-state index contributed by atoms with van der Waals surface area (Å²) in [6.45, 7) is 8.12. The summed E-state index contributed by atoms with van der Waals surface area (Å²) in [6.07, 6.45) is 2.64. The number of amides is 1. The lowest BCUT2D eigenvalue weighted by atomic mass is 9.91. The highest BCUT2D eigenvalue weighted by Crippen LogP contribution is 2.35. The number of likely N-dealkylation sites (tertiary alicyclic amines) is 1. The quantitative estimate of drug-likeness (QED) is 0.847. The number of hydroxylamine groups is 2. The number of furan rings is 1. The van der Waals surface area contributed by atoms with Gasteiger partial charge in [-0.2, -0.15) is 0 Å². The standard InChI is InChI=1S/C18H26N2O4/c1-12-8-15(23-13(12)2)10-19-6-4-14-9-16(24-17(14)11-19)18(21)20-5-3-7-22-20/h8,14,16-17H,3-7,9-11H2,1-2H3/t14-,16+,17+/m1/s1. The van der Waals surface area contributed by atoms with E-state index < -0.39 is 0 Å². The summed E-state index contributed by atoms with van der Waals surface area (Å²) in [5, 5.41) is 1.49. The molecular formula is C18H26N2O4. The van der Waals surface area contributed by atoms with Crippen LogP contribution < -0.4 is 0 Å². The summed E-state index contributed by atoms with van der Waals surface area (Å²) >= 11 is 0. The third-order valence-electron chi connectivity index (χ3n) is 5.51. The van der Waals surface area contributed by atoms with Crippen molar-refractivity contribution in [1.82, 2.24) is 9.96 Å². The zero-order chi connectivity index (χ0) is 16.7. The van der Waals surface area contributed by atoms with Crippen molar-refractivity contribution in [3.05, 3.63) is 23.2 Å². The van der Waals surface area contributed by atoms with Crippen LogP contribution >= 0.6 is 0 Å². The lowest BCUT2D eigenvalue weighted by Gasteiger charge is -2.33. The number of fused-ring (bicyclic) bond motifs is 1. The predicted octanol–water partition coefficient (Wildman–Crippen LogP) is 2.04. The Bertz CT molecular complexity index is 589. The van der Waals surface area contributed by atoms with Crippen LogP contribution in [0, 0.1) is 19.8 Å². The summed E-state index contributed by atoms with van der Waals surface area (Å²) < 4.78 is 11.9. The van der Waals surface area contributed by atoms with Crippen molar-refractivity contribution >= 4 is 5.91 Å². The zero-order valence-electron chi connectivity index (χ0n) is 14.5. The van der Waals surface area contributed by atoms with Gasteiger partial charge in [-0.3, -0.25) is 14.5 Å². The Morgan fingerprint density at radius 1 is 1.33 bits per heavy atom. The molecule has 0 spiro atoms. The molecule has 1 aromatic heterocycles. The van der Waals surface area contributed by atoms with E-state index in [1.807, 2.05) is 6.92 Å². The molecule has 0 aliphatic carbocycles. The fourth-order valence-corrected chi connectivity index (χ4v) is 4.03. The molecule has 3 atom stereocenters. The monoisotopic (exact) mass is 334 g/mol. The molecule has 132 valence electrons. The van der Waals surface area contributed by atoms with E-state index in [0.717, 1.165) is 50.4 Å². The maximum absolute atomic E-state index is 12.5. The third kappa shape index (κ3) is 3.10. The highest BCUT2D eigenvalue weighted by atomic mass is 16.7. The van der Waals surface area contributed by atoms with Gasteiger partial charge in [-0.15, -0.1) is 0 Å². The summed E-state index contributed by atoms with van der Waals surface area (Å²) in [6, 6.07) is 2.12. The maximum Gasteiger partial charge on any atom is 0.275 e. The average molecular weight is 334 g/mol. The molecular weight excluding hydrogens is 308 g/mol. The van der Waals surface area contributed by atoms with Gasteiger partial charge in [0.25, 0.3) is 5.91 Å². The van der Waals surface area contributed by atoms with Crippen molar-refractivity contribution in [2.45, 2.75) is 51.9 Å². The van der Waals surface area contributed by atoms with Crippen LogP contribution in [0.3, 0.4) is 0 Å². The molecule has 3 saturated heterocycles. The second-order valence-electron chi connectivity index (χ2n) is 7.26. The molecule has 0 saturated carbocycles. The van der Waals surface area contributed by atoms with Crippen molar-refractivity contribution in [3.8, 4) is 0 Å². The summed E-state index contributed by atoms with van der Waals surface area (Å²) in [5.41, 5.74) is 1.20. The number of carbonyl (C=O) groups excluding carboxylic acids is 1. The van der Waals surface area contributed by atoms with E-state index >= 15 is 0 Å². The van der Waals surface area contributed by atoms with Gasteiger partial charge in [0.2, 0.25) is 0 Å². The second kappa shape index (κ2) is 6.50. The summed E-state index contributed by atoms with van der Waals surface area (Å²) in [7, 11) is 0. The van der Waals surface area contributed by atoms with E-state index in [4.69, 9.17) is 14.0 Å². The molecule has 0 radical (unpaired) electrons. The Balaban J connectivity index is 1.34. The lowest BCUT2D eigenvalue weighted by molar-refractivity contribution is -0.180. The number of piperidine rings is 1. The first-order valence-electron chi connectivity index (χ1n) is 8.98. The van der Waals surface area contributed by atoms with E-state index in [-0.39, 0.29) is 18.1 Å². The Morgan fingerprint density at radius 3 is 2.92 bits per heavy atom. The number of aryl methyl sites for hydroxylation is 2. The van der Waals surface area contributed by atoms with Crippen LogP contribution in [0.25, 0.3) is 0 Å². The van der Waals surface area contributed by atoms with Crippen LogP contribution in [0.1, 0.15) is 36.3 Å². The van der Waals surface area contributed by atoms with E-state index in [0.29, 0.717) is 19.1 Å². The minimum atomic E-state index is -0.328. The lowest BCUT2D eigenvalue weighted by Crippen LogP contribution is -2.42. The van der Waals surface area contributed by atoms with E-state index in [2.05, 4.69) is 17.9 Å². The SMILES string of the molecule is Cc1cc(CN2CC[C@@H]3C[C@@H](C(=O)N4CCCO4)O[C@H]3C2)oc1C. The highest BCUT2D eigenvalue weighted by molar-refractivity contribution is 5.80. The number of carbonyl (C=O) groups is 1. The van der Waals surface area contributed by atoms with E-state index in [1.54, 1.807) is 0 Å². The maximum atomic E-state index is 12.5. The van der Waals surface area contributed by atoms with Gasteiger partial charge in [-0.25, -0.2) is 5.06 Å². The van der Waals surface area contributed by atoms with Gasteiger partial charge in [-0.1, -0.05) is 0 Å². The minimum absolute atomic E-state index is 0.00531. The topological polar surface area (TPSA) is 55.2 Å². The smallest absolute Gasteiger partial charge is 0.275 e. The predicted molar refractivity (Wildman–Crippen MR) is 87.1 cm³/mol. The molecule has 24 heavy (non-hydrogen) atoms. The normalized spacial score (nSPS) is 30.8. The first kappa shape index (κ1) is 16.1. The van der Waals surface area contributed by atoms with Crippen LogP contribution in [-0.4, -0.2) is 54.3 Å². The summed E-state index contributed by atoms with van der Waals surface area (Å²) in [4.78, 5) is 20.2. The molecule has 0 unspecified atom stereocenters. The molecule has 0 bridgehead atoms. The van der Waals surface area contributed by atoms with Crippen molar-refractivity contribution in [3.63, 3.8) is 0 Å². The minimum Gasteiger partial charge on any atom is -0.465 e. The molecule has 0 N–H and O–H groups in total. The zero-order valence-corrected chi connectivity index (χ0v) is 14.5. The Kier molecular flexibility index (Phi) is 4.37. The number of hydrogen-bond acceptors (Lipinski definition) is 5. The first-order chi connectivity index (χ1) is 11.6. The third-order valence-corrected chi connectivity index (χ3v) is 5.51. The molecule has 3 aliphatic heterocycles. The Morgan fingerprint density at radius 2 is 2.21 bits per heavy atom. The molecule has 4 rings (SSSR count). The fraction of sp³-hybridized carbons (Fsp3) is 0.722. The largest absolute Gasteiger partial charge is 0.465 e. The van der Waals surface area contributed by atoms with Crippen molar-refractivity contribution in [2.75, 3.05) is 26.2 Å². The van der Waals surface area contributed by atoms with Gasteiger partial charge in [0, 0.05) is 6.54 Å². The molecule has 1 aromatic rings. The van der Waals surface area contributed by atoms with Gasteiger partial charge in [0.05, 0.1) is 25.8 Å². The van der Waals surface area contributed by atoms with Crippen LogP contribution in [0.2, 0.25) is 0 Å². The number of hydrogen-bond donors (Lipinski definition) is 0. The molecule has 4 heterocycles. The number of ether oxygens (including phenoxy) is 1. The molecule has 0 aromatic carbocycles. The van der Waals surface area contributed by atoms with E-state index in [1.165, 1.54) is 10.6 Å². The first-order valence-corrected chi connectivity index (χ1v) is 8.98. The van der Waals surface area contributed by atoms with Gasteiger partial charge in [0.15, 0.2) is 0 Å². The average Bonchev–Trinajstić information content (AvgIpc) is 3.28. The van der Waals surface area contributed by atoms with Crippen LogP contribution in [0.5, 0.6) is 0 Å². The van der Waals surface area contributed by atoms with Gasteiger partial charge in [0.1, 0.15) is 17.6 Å². The Hall–Kier alpha value is -1.37. The van der Waals surface area contributed by atoms with Crippen LogP contribution in [-0.2, 0) is 20.9 Å². The highest BCUT2D eigenvalue weighted by Gasteiger charge is 2.43. The molecule has 3 aliphatic rings. The molecule has 6 nitrogen and oxygen atoms in total. The van der Waals surface area contributed by atoms with Gasteiger partial charge < -0.3 is 9.15 Å². The second-order valence-corrected chi connectivity index (χ2v) is 7.26. The molecule has 6 heteroatoms.